The molecular formula is C18H22OS. The second-order valence-electron chi connectivity index (χ2n) is 5.12. The summed E-state index contributed by atoms with van der Waals surface area (Å²) >= 11 is 4.28. The van der Waals surface area contributed by atoms with Crippen LogP contribution in [0, 0.1) is 5.92 Å². The van der Waals surface area contributed by atoms with Gasteiger partial charge in [0.25, 0.3) is 0 Å². The van der Waals surface area contributed by atoms with Crippen LogP contribution in [0.4, 0.5) is 0 Å². The highest BCUT2D eigenvalue weighted by atomic mass is 32.1. The summed E-state index contributed by atoms with van der Waals surface area (Å²) in [6.07, 6.45) is 2.22. The minimum absolute atomic E-state index is 0.663. The van der Waals surface area contributed by atoms with E-state index in [0.29, 0.717) is 5.92 Å². The van der Waals surface area contributed by atoms with Gasteiger partial charge in [0.1, 0.15) is 5.75 Å². The normalized spacial score (nSPS) is 12.1. The first-order valence-electron chi connectivity index (χ1n) is 7.19. The first kappa shape index (κ1) is 15.0. The number of hydrogen-bond donors (Lipinski definition) is 1. The summed E-state index contributed by atoms with van der Waals surface area (Å²) in [5.74, 6) is 2.58. The summed E-state index contributed by atoms with van der Waals surface area (Å²) < 4.78 is 5.98. The number of ether oxygens (including phenoxy) is 1. The lowest BCUT2D eigenvalue weighted by Gasteiger charge is -2.14. The van der Waals surface area contributed by atoms with Gasteiger partial charge in [-0.3, -0.25) is 0 Å². The Morgan fingerprint density at radius 3 is 2.40 bits per heavy atom. The molecule has 0 saturated carbocycles. The predicted molar refractivity (Wildman–Crippen MR) is 89.6 cm³/mol. The van der Waals surface area contributed by atoms with E-state index >= 15 is 0 Å². The lowest BCUT2D eigenvalue weighted by atomic mass is 10.0. The van der Waals surface area contributed by atoms with Crippen molar-refractivity contribution in [3.63, 3.8) is 0 Å². The fraction of sp³-hybridized carbons (Fsp3) is 0.333. The molecule has 0 fully saturated rings. The Bertz CT molecular complexity index is 510. The van der Waals surface area contributed by atoms with E-state index < -0.39 is 0 Å². The van der Waals surface area contributed by atoms with Crippen molar-refractivity contribution < 1.29 is 4.74 Å². The molecule has 0 aliphatic rings. The molecule has 0 radical (unpaired) electrons. The lowest BCUT2D eigenvalue weighted by molar-refractivity contribution is 0.283. The predicted octanol–water partition coefficient (Wildman–Crippen LogP) is 5.08. The van der Waals surface area contributed by atoms with E-state index in [-0.39, 0.29) is 0 Å². The molecule has 0 aliphatic heterocycles. The molecule has 0 aliphatic carbocycles. The van der Waals surface area contributed by atoms with E-state index in [9.17, 15) is 0 Å². The van der Waals surface area contributed by atoms with Crippen molar-refractivity contribution in [3.05, 3.63) is 54.6 Å². The van der Waals surface area contributed by atoms with Gasteiger partial charge >= 0.3 is 0 Å². The largest absolute Gasteiger partial charge is 0.493 e. The molecule has 1 nitrogen and oxygen atoms in total. The third-order valence-electron chi connectivity index (χ3n) is 3.46. The van der Waals surface area contributed by atoms with Crippen LogP contribution < -0.4 is 4.74 Å². The summed E-state index contributed by atoms with van der Waals surface area (Å²) in [6, 6.07) is 18.6. The van der Waals surface area contributed by atoms with Crippen molar-refractivity contribution in [3.8, 4) is 16.9 Å². The van der Waals surface area contributed by atoms with Crippen LogP contribution in [0.3, 0.4) is 0 Å². The van der Waals surface area contributed by atoms with E-state index in [1.807, 2.05) is 18.2 Å². The molecule has 0 amide bonds. The zero-order chi connectivity index (χ0) is 14.2. The number of benzene rings is 2. The van der Waals surface area contributed by atoms with Crippen LogP contribution >= 0.6 is 12.6 Å². The van der Waals surface area contributed by atoms with Crippen molar-refractivity contribution in [2.75, 3.05) is 12.4 Å². The Morgan fingerprint density at radius 1 is 0.950 bits per heavy atom. The van der Waals surface area contributed by atoms with Crippen molar-refractivity contribution in [2.24, 2.45) is 5.92 Å². The second kappa shape index (κ2) is 8.01. The van der Waals surface area contributed by atoms with E-state index in [2.05, 4.69) is 56.0 Å². The smallest absolute Gasteiger partial charge is 0.127 e. The molecule has 2 aromatic carbocycles. The molecule has 0 bridgehead atoms. The van der Waals surface area contributed by atoms with E-state index in [4.69, 9.17) is 4.74 Å². The van der Waals surface area contributed by atoms with E-state index in [1.54, 1.807) is 0 Å². The average molecular weight is 286 g/mol. The minimum atomic E-state index is 0.663. The maximum Gasteiger partial charge on any atom is 0.127 e. The van der Waals surface area contributed by atoms with Gasteiger partial charge in [-0.25, -0.2) is 0 Å². The Balaban J connectivity index is 2.02. The van der Waals surface area contributed by atoms with Crippen molar-refractivity contribution in [2.45, 2.75) is 19.8 Å². The second-order valence-corrected chi connectivity index (χ2v) is 5.56. The van der Waals surface area contributed by atoms with Crippen LogP contribution in [0.25, 0.3) is 11.1 Å². The van der Waals surface area contributed by atoms with E-state index in [0.717, 1.165) is 36.5 Å². The Morgan fingerprint density at radius 2 is 1.65 bits per heavy atom. The monoisotopic (exact) mass is 286 g/mol. The van der Waals surface area contributed by atoms with Gasteiger partial charge in [-0.2, -0.15) is 12.6 Å². The molecule has 106 valence electrons. The fourth-order valence-corrected chi connectivity index (χ4v) is 2.62. The van der Waals surface area contributed by atoms with Gasteiger partial charge in [0.2, 0.25) is 0 Å². The maximum atomic E-state index is 5.98. The first-order chi connectivity index (χ1) is 9.81. The van der Waals surface area contributed by atoms with Gasteiger partial charge in [-0.1, -0.05) is 55.5 Å². The van der Waals surface area contributed by atoms with Crippen molar-refractivity contribution in [1.29, 1.82) is 0 Å². The van der Waals surface area contributed by atoms with Gasteiger partial charge in [0.05, 0.1) is 6.61 Å². The topological polar surface area (TPSA) is 9.23 Å². The van der Waals surface area contributed by atoms with Crippen molar-refractivity contribution in [1.82, 2.24) is 0 Å². The number of thiol groups is 1. The van der Waals surface area contributed by atoms with Crippen LogP contribution in [-0.4, -0.2) is 12.4 Å². The number of hydrogen-bond acceptors (Lipinski definition) is 2. The minimum Gasteiger partial charge on any atom is -0.493 e. The zero-order valence-corrected chi connectivity index (χ0v) is 12.9. The Hall–Kier alpha value is -1.41. The molecule has 0 spiro atoms. The summed E-state index contributed by atoms with van der Waals surface area (Å²) in [5, 5.41) is 0. The highest BCUT2D eigenvalue weighted by Crippen LogP contribution is 2.29. The maximum absolute atomic E-state index is 5.98. The fourth-order valence-electron chi connectivity index (χ4n) is 2.18. The summed E-state index contributed by atoms with van der Waals surface area (Å²) in [5.41, 5.74) is 2.36. The summed E-state index contributed by atoms with van der Waals surface area (Å²) in [7, 11) is 0. The average Bonchev–Trinajstić information content (AvgIpc) is 2.49. The Kier molecular flexibility index (Phi) is 6.00. The third-order valence-corrected chi connectivity index (χ3v) is 3.72. The molecule has 0 saturated heterocycles. The van der Waals surface area contributed by atoms with Crippen LogP contribution in [0.2, 0.25) is 0 Å². The standard InChI is InChI=1S/C18H22OS/c1-15(12-14-20)11-13-19-18-10-6-5-9-17(18)16-7-3-2-4-8-16/h2-10,15,20H,11-14H2,1H3. The molecule has 1 unspecified atom stereocenters. The highest BCUT2D eigenvalue weighted by Gasteiger charge is 2.06. The Labute approximate surface area is 127 Å². The first-order valence-corrected chi connectivity index (χ1v) is 7.82. The third kappa shape index (κ3) is 4.31. The van der Waals surface area contributed by atoms with Gasteiger partial charge in [0.15, 0.2) is 0 Å². The van der Waals surface area contributed by atoms with Crippen LogP contribution in [0.5, 0.6) is 5.75 Å². The molecule has 1 atom stereocenters. The van der Waals surface area contributed by atoms with E-state index in [1.165, 1.54) is 5.56 Å². The summed E-state index contributed by atoms with van der Waals surface area (Å²) in [4.78, 5) is 0. The summed E-state index contributed by atoms with van der Waals surface area (Å²) in [6.45, 7) is 3.02. The highest BCUT2D eigenvalue weighted by molar-refractivity contribution is 7.80. The van der Waals surface area contributed by atoms with Gasteiger partial charge < -0.3 is 4.74 Å². The van der Waals surface area contributed by atoms with Crippen LogP contribution in [0.15, 0.2) is 54.6 Å². The van der Waals surface area contributed by atoms with Crippen molar-refractivity contribution >= 4 is 12.6 Å². The molecule has 0 N–H and O–H groups in total. The van der Waals surface area contributed by atoms with Crippen LogP contribution in [0.1, 0.15) is 19.8 Å². The molecule has 0 heterocycles. The molecule has 2 rings (SSSR count). The number of rotatable bonds is 7. The lowest BCUT2D eigenvalue weighted by Crippen LogP contribution is -2.05. The zero-order valence-electron chi connectivity index (χ0n) is 12.0. The van der Waals surface area contributed by atoms with Gasteiger partial charge in [-0.15, -0.1) is 0 Å². The van der Waals surface area contributed by atoms with Gasteiger partial charge in [0, 0.05) is 5.56 Å². The number of para-hydroxylation sites is 1. The molecule has 2 heteroatoms. The molecular weight excluding hydrogens is 264 g/mol. The quantitative estimate of drug-likeness (QED) is 0.698. The molecule has 20 heavy (non-hydrogen) atoms. The SMILES string of the molecule is CC(CCS)CCOc1ccccc1-c1ccccc1. The van der Waals surface area contributed by atoms with Gasteiger partial charge in [-0.05, 0) is 36.1 Å². The van der Waals surface area contributed by atoms with Crippen LogP contribution in [-0.2, 0) is 0 Å². The molecule has 0 aromatic heterocycles. The molecule has 2 aromatic rings.